The topological polar surface area (TPSA) is 3.88 Å². The largest absolute Gasteiger partial charge is 0.220 e. The molecule has 35 heavy (non-hydrogen) atoms. The molecule has 1 heteroatoms. The number of hydrogen-bond donors (Lipinski definition) is 0. The van der Waals surface area contributed by atoms with Gasteiger partial charge in [0.05, 0.1) is 12.3 Å². The number of hydrogen-bond acceptors (Lipinski definition) is 0. The van der Waals surface area contributed by atoms with Gasteiger partial charge in [-0.05, 0) is 96.1 Å². The van der Waals surface area contributed by atoms with Gasteiger partial charge in [-0.15, -0.1) is 0 Å². The molecule has 186 valence electrons. The smallest absolute Gasteiger partial charge is 0.200 e. The fourth-order valence-corrected chi connectivity index (χ4v) is 6.85. The lowest BCUT2D eigenvalue weighted by Crippen LogP contribution is -2.31. The molecule has 2 aliphatic rings. The van der Waals surface area contributed by atoms with Gasteiger partial charge in [0.1, 0.15) is 8.42 Å². The summed E-state index contributed by atoms with van der Waals surface area (Å²) in [5, 5.41) is 2.03. The van der Waals surface area contributed by atoms with Crippen LogP contribution in [0.25, 0.3) is 22.0 Å². The van der Waals surface area contributed by atoms with E-state index in [1.807, 2.05) is 11.6 Å². The fourth-order valence-electron chi connectivity index (χ4n) is 6.85. The first kappa shape index (κ1) is 22.1. The summed E-state index contributed by atoms with van der Waals surface area (Å²) < 4.78 is 19.8. The van der Waals surface area contributed by atoms with E-state index in [2.05, 4.69) is 58.0 Å². The van der Waals surface area contributed by atoms with Crippen LogP contribution < -0.4 is 4.57 Å². The van der Waals surface area contributed by atoms with Crippen molar-refractivity contribution in [2.45, 2.75) is 110 Å². The summed E-state index contributed by atoms with van der Waals surface area (Å²) in [5.74, 6) is 1.30. The third-order valence-corrected chi connectivity index (χ3v) is 8.61. The number of pyridine rings is 1. The predicted octanol–water partition coefficient (Wildman–Crippen LogP) is 9.32. The molecule has 0 atom stereocenters. The first-order valence-electron chi connectivity index (χ1n) is 15.2. The minimum Gasteiger partial charge on any atom is -0.200 e. The molecule has 2 aromatic carbocycles. The van der Waals surface area contributed by atoms with Gasteiger partial charge in [-0.25, -0.2) is 4.57 Å². The Bertz CT molecular complexity index is 1290. The zero-order chi connectivity index (χ0) is 26.3. The first-order valence-corrected chi connectivity index (χ1v) is 14.2. The van der Waals surface area contributed by atoms with E-state index < -0.39 is 0 Å². The third kappa shape index (κ3) is 5.35. The molecule has 1 nitrogen and oxygen atoms in total. The standard InChI is InChI=1S/C34H46N/c1-24-31(27-14-10-7-11-15-27)21-29(26-12-8-6-9-13-26)22-32(24)33-30-17-16-25(23-34(2,3)4)20-28(30)18-19-35(33)5/h16-22,26-27H,6-15,23H2,1-5H3/q+1/i18D,19D. The Kier molecular flexibility index (Phi) is 6.36. The lowest BCUT2D eigenvalue weighted by atomic mass is 9.76. The van der Waals surface area contributed by atoms with Gasteiger partial charge in [-0.3, -0.25) is 0 Å². The zero-order valence-electron chi connectivity index (χ0n) is 24.8. The molecule has 0 saturated heterocycles. The van der Waals surface area contributed by atoms with Gasteiger partial charge in [-0.2, -0.15) is 0 Å². The summed E-state index contributed by atoms with van der Waals surface area (Å²) in [6.07, 6.45) is 14.5. The Morgan fingerprint density at radius 3 is 2.20 bits per heavy atom. The summed E-state index contributed by atoms with van der Waals surface area (Å²) in [6.45, 7) is 9.11. The lowest BCUT2D eigenvalue weighted by Gasteiger charge is -2.28. The van der Waals surface area contributed by atoms with Gasteiger partial charge in [0.25, 0.3) is 0 Å². The minimum atomic E-state index is 0.182. The number of rotatable bonds is 4. The number of fused-ring (bicyclic) bond motifs is 1. The summed E-state index contributed by atoms with van der Waals surface area (Å²) in [5.41, 5.74) is 8.29. The second-order valence-electron chi connectivity index (χ2n) is 12.7. The van der Waals surface area contributed by atoms with Crippen molar-refractivity contribution in [3.63, 3.8) is 0 Å². The second-order valence-corrected chi connectivity index (χ2v) is 12.7. The van der Waals surface area contributed by atoms with Gasteiger partial charge < -0.3 is 0 Å². The Morgan fingerprint density at radius 2 is 1.54 bits per heavy atom. The molecule has 2 aliphatic carbocycles. The van der Waals surface area contributed by atoms with Crippen molar-refractivity contribution in [2.75, 3.05) is 0 Å². The Morgan fingerprint density at radius 1 is 0.886 bits per heavy atom. The van der Waals surface area contributed by atoms with Crippen LogP contribution in [0.4, 0.5) is 0 Å². The number of benzene rings is 2. The highest BCUT2D eigenvalue weighted by Crippen LogP contribution is 2.42. The SMILES string of the molecule is [2H]c1c([2H])[n+](C)c(-c2cc(C3CCCCC3)cc(C3CCCCC3)c2C)c2ccc(CC(C)(C)C)cc12. The highest BCUT2D eigenvalue weighted by molar-refractivity contribution is 5.94. The molecule has 1 aromatic heterocycles. The summed E-state index contributed by atoms with van der Waals surface area (Å²) in [7, 11) is 1.99. The molecule has 0 bridgehead atoms. The van der Waals surface area contributed by atoms with Crippen molar-refractivity contribution in [2.24, 2.45) is 12.5 Å². The monoisotopic (exact) mass is 470 g/mol. The maximum atomic E-state index is 8.91. The van der Waals surface area contributed by atoms with E-state index in [0.29, 0.717) is 24.1 Å². The van der Waals surface area contributed by atoms with Gasteiger partial charge >= 0.3 is 0 Å². The van der Waals surface area contributed by atoms with E-state index in [-0.39, 0.29) is 5.41 Å². The van der Waals surface area contributed by atoms with E-state index in [1.54, 1.807) is 5.56 Å². The van der Waals surface area contributed by atoms with Crippen LogP contribution in [-0.2, 0) is 13.5 Å². The molecule has 5 rings (SSSR count). The maximum Gasteiger partial charge on any atom is 0.220 e. The van der Waals surface area contributed by atoms with Crippen molar-refractivity contribution >= 4 is 10.8 Å². The molecule has 2 fully saturated rings. The number of nitrogens with zero attached hydrogens (tertiary/aromatic N) is 1. The molecule has 0 aliphatic heterocycles. The molecular formula is C34H46N+. The van der Waals surface area contributed by atoms with Crippen LogP contribution in [0.1, 0.15) is 122 Å². The fraction of sp³-hybridized carbons (Fsp3) is 0.559. The minimum absolute atomic E-state index is 0.182. The maximum absolute atomic E-state index is 8.91. The van der Waals surface area contributed by atoms with E-state index in [4.69, 9.17) is 2.74 Å². The van der Waals surface area contributed by atoms with Gasteiger partial charge in [0, 0.05) is 6.04 Å². The predicted molar refractivity (Wildman–Crippen MR) is 150 cm³/mol. The van der Waals surface area contributed by atoms with Crippen LogP contribution in [-0.4, -0.2) is 0 Å². The molecule has 0 amide bonds. The third-order valence-electron chi connectivity index (χ3n) is 8.61. The highest BCUT2D eigenvalue weighted by Gasteiger charge is 2.26. The van der Waals surface area contributed by atoms with Crippen LogP contribution in [0, 0.1) is 12.3 Å². The molecular weight excluding hydrogens is 422 g/mol. The normalized spacial score (nSPS) is 19.1. The molecule has 0 radical (unpaired) electrons. The molecule has 0 unspecified atom stereocenters. The van der Waals surface area contributed by atoms with Crippen molar-refractivity contribution in [1.29, 1.82) is 0 Å². The highest BCUT2D eigenvalue weighted by atomic mass is 14.9. The molecule has 0 N–H and O–H groups in total. The van der Waals surface area contributed by atoms with Crippen LogP contribution in [0.3, 0.4) is 0 Å². The average Bonchev–Trinajstić information content (AvgIpc) is 2.89. The molecule has 2 saturated carbocycles. The van der Waals surface area contributed by atoms with E-state index in [9.17, 15) is 0 Å². The van der Waals surface area contributed by atoms with Crippen molar-refractivity contribution in [3.8, 4) is 11.3 Å². The molecule has 3 aromatic rings. The van der Waals surface area contributed by atoms with E-state index >= 15 is 0 Å². The Balaban J connectivity index is 1.74. The summed E-state index contributed by atoms with van der Waals surface area (Å²) >= 11 is 0. The van der Waals surface area contributed by atoms with Crippen LogP contribution in [0.2, 0.25) is 0 Å². The van der Waals surface area contributed by atoms with Crippen molar-refractivity contribution in [1.82, 2.24) is 0 Å². The van der Waals surface area contributed by atoms with Crippen LogP contribution >= 0.6 is 0 Å². The van der Waals surface area contributed by atoms with E-state index in [0.717, 1.165) is 22.9 Å². The second kappa shape index (κ2) is 10.1. The first-order chi connectivity index (χ1) is 17.6. The van der Waals surface area contributed by atoms with Crippen LogP contribution in [0.15, 0.2) is 42.5 Å². The lowest BCUT2D eigenvalue weighted by molar-refractivity contribution is -0.659. The zero-order valence-corrected chi connectivity index (χ0v) is 22.8. The average molecular weight is 471 g/mol. The number of aromatic nitrogens is 1. The van der Waals surface area contributed by atoms with Gasteiger partial charge in [0.2, 0.25) is 5.69 Å². The van der Waals surface area contributed by atoms with Crippen molar-refractivity contribution in [3.05, 3.63) is 64.8 Å². The van der Waals surface area contributed by atoms with Crippen LogP contribution in [0.5, 0.6) is 0 Å². The van der Waals surface area contributed by atoms with Crippen molar-refractivity contribution < 1.29 is 7.31 Å². The molecule has 1 heterocycles. The quantitative estimate of drug-likeness (QED) is 0.334. The molecule has 0 spiro atoms. The summed E-state index contributed by atoms with van der Waals surface area (Å²) in [6, 6.07) is 12.1. The van der Waals surface area contributed by atoms with Gasteiger partial charge in [0.15, 0.2) is 6.17 Å². The van der Waals surface area contributed by atoms with E-state index in [1.165, 1.54) is 86.5 Å². The summed E-state index contributed by atoms with van der Waals surface area (Å²) in [4.78, 5) is 0. The Hall–Kier alpha value is -2.15. The Labute approximate surface area is 216 Å². The van der Waals surface area contributed by atoms with Gasteiger partial charge in [-0.1, -0.05) is 77.5 Å².